The van der Waals surface area contributed by atoms with E-state index >= 15 is 0 Å². The summed E-state index contributed by atoms with van der Waals surface area (Å²) in [6, 6.07) is 0.511. The number of methoxy groups -OCH3 is 1. The Labute approximate surface area is 95.8 Å². The Morgan fingerprint density at radius 3 is 2.75 bits per heavy atom. The summed E-state index contributed by atoms with van der Waals surface area (Å²) in [6.45, 7) is 7.50. The molecule has 16 heavy (non-hydrogen) atoms. The summed E-state index contributed by atoms with van der Waals surface area (Å²) in [5, 5.41) is 14.1. The van der Waals surface area contributed by atoms with Crippen LogP contribution in [0.1, 0.15) is 32.7 Å². The van der Waals surface area contributed by atoms with Gasteiger partial charge in [0.15, 0.2) is 0 Å². The Bertz CT molecular complexity index is 303. The van der Waals surface area contributed by atoms with Gasteiger partial charge in [0.1, 0.15) is 0 Å². The quantitative estimate of drug-likeness (QED) is 0.730. The third kappa shape index (κ3) is 3.79. The molecule has 2 atom stereocenters. The van der Waals surface area contributed by atoms with Gasteiger partial charge in [0.2, 0.25) is 5.89 Å². The molecule has 1 aromatic rings. The van der Waals surface area contributed by atoms with Crippen LogP contribution >= 0.6 is 0 Å². The van der Waals surface area contributed by atoms with Crippen molar-refractivity contribution in [1.29, 1.82) is 0 Å². The Hall–Kier alpha value is -1.14. The summed E-state index contributed by atoms with van der Waals surface area (Å²) in [6.07, 6.45) is 0.113. The van der Waals surface area contributed by atoms with Crippen molar-refractivity contribution in [2.45, 2.75) is 32.9 Å². The minimum absolute atomic E-state index is 0.0768. The largest absolute Gasteiger partial charge is 0.406 e. The molecule has 0 saturated heterocycles. The van der Waals surface area contributed by atoms with Gasteiger partial charge in [0, 0.05) is 13.7 Å². The van der Waals surface area contributed by atoms with E-state index in [0.29, 0.717) is 18.5 Å². The van der Waals surface area contributed by atoms with E-state index < -0.39 is 0 Å². The van der Waals surface area contributed by atoms with Crippen molar-refractivity contribution >= 4 is 6.01 Å². The molecule has 0 aromatic carbocycles. The van der Waals surface area contributed by atoms with Crippen LogP contribution in [0.2, 0.25) is 0 Å². The third-order valence-electron chi connectivity index (χ3n) is 2.26. The van der Waals surface area contributed by atoms with Gasteiger partial charge in [-0.3, -0.25) is 0 Å². The van der Waals surface area contributed by atoms with Gasteiger partial charge < -0.3 is 19.8 Å². The van der Waals surface area contributed by atoms with Gasteiger partial charge in [0.25, 0.3) is 0 Å². The number of nitrogens with zero attached hydrogens (tertiary/aromatic N) is 2. The fourth-order valence-electron chi connectivity index (χ4n) is 1.19. The molecule has 0 fully saturated rings. The van der Waals surface area contributed by atoms with E-state index in [1.54, 1.807) is 7.11 Å². The van der Waals surface area contributed by atoms with E-state index in [1.807, 2.05) is 20.8 Å². The van der Waals surface area contributed by atoms with Gasteiger partial charge in [-0.1, -0.05) is 12.0 Å². The second kappa shape index (κ2) is 6.44. The normalized spacial score (nSPS) is 14.8. The van der Waals surface area contributed by atoms with Gasteiger partial charge in [0.05, 0.1) is 12.1 Å². The molecule has 0 aliphatic carbocycles. The number of anilines is 1. The molecule has 0 spiro atoms. The molecule has 6 nitrogen and oxygen atoms in total. The summed E-state index contributed by atoms with van der Waals surface area (Å²) in [7, 11) is 1.67. The molecule has 6 heteroatoms. The summed E-state index contributed by atoms with van der Waals surface area (Å²) in [4.78, 5) is 0. The van der Waals surface area contributed by atoms with Crippen LogP contribution in [0.15, 0.2) is 4.42 Å². The maximum atomic E-state index is 5.44. The highest BCUT2D eigenvalue weighted by molar-refractivity contribution is 5.17. The monoisotopic (exact) mass is 228 g/mol. The lowest BCUT2D eigenvalue weighted by Crippen LogP contribution is -2.18. The van der Waals surface area contributed by atoms with Gasteiger partial charge in [-0.15, -0.1) is 5.10 Å². The zero-order chi connectivity index (χ0) is 12.0. The van der Waals surface area contributed by atoms with Crippen molar-refractivity contribution in [2.75, 3.05) is 25.5 Å². The summed E-state index contributed by atoms with van der Waals surface area (Å²) in [5.74, 6) is 0.592. The summed E-state index contributed by atoms with van der Waals surface area (Å²) in [5.41, 5.74) is 0. The van der Waals surface area contributed by atoms with Crippen LogP contribution in [-0.4, -0.2) is 36.5 Å². The lowest BCUT2D eigenvalue weighted by Gasteiger charge is -2.08. The second-order valence-electron chi connectivity index (χ2n) is 3.65. The molecule has 1 rings (SSSR count). The molecule has 92 valence electrons. The smallest absolute Gasteiger partial charge is 0.315 e. The van der Waals surface area contributed by atoms with Gasteiger partial charge in [-0.25, -0.2) is 0 Å². The first-order valence-electron chi connectivity index (χ1n) is 5.50. The molecule has 0 aliphatic rings. The Morgan fingerprint density at radius 1 is 1.38 bits per heavy atom. The van der Waals surface area contributed by atoms with Crippen molar-refractivity contribution in [3.63, 3.8) is 0 Å². The average Bonchev–Trinajstić information content (AvgIpc) is 2.75. The molecular weight excluding hydrogens is 208 g/mol. The van der Waals surface area contributed by atoms with Crippen molar-refractivity contribution < 1.29 is 9.15 Å². The van der Waals surface area contributed by atoms with E-state index in [2.05, 4.69) is 20.8 Å². The van der Waals surface area contributed by atoms with Crippen LogP contribution in [0.3, 0.4) is 0 Å². The van der Waals surface area contributed by atoms with Crippen LogP contribution in [0.25, 0.3) is 0 Å². The maximum Gasteiger partial charge on any atom is 0.315 e. The van der Waals surface area contributed by atoms with Gasteiger partial charge >= 0.3 is 6.01 Å². The van der Waals surface area contributed by atoms with E-state index in [9.17, 15) is 0 Å². The van der Waals surface area contributed by atoms with Crippen LogP contribution in [0.4, 0.5) is 6.01 Å². The standard InChI is InChI=1S/C10H20N4O2/c1-5-11-8(3)9-13-14-10(16-9)12-6-7(2)15-4/h7-8,11H,5-6H2,1-4H3,(H,12,14). The third-order valence-corrected chi connectivity index (χ3v) is 2.26. The highest BCUT2D eigenvalue weighted by Gasteiger charge is 2.12. The molecule has 2 unspecified atom stereocenters. The predicted octanol–water partition coefficient (Wildman–Crippen LogP) is 1.19. The molecule has 1 heterocycles. The number of ether oxygens (including phenoxy) is 1. The van der Waals surface area contributed by atoms with Gasteiger partial charge in [-0.2, -0.15) is 0 Å². The average molecular weight is 228 g/mol. The highest BCUT2D eigenvalue weighted by atomic mass is 16.5. The molecule has 2 N–H and O–H groups in total. The Balaban J connectivity index is 2.45. The van der Waals surface area contributed by atoms with E-state index in [-0.39, 0.29) is 12.1 Å². The van der Waals surface area contributed by atoms with Crippen molar-refractivity contribution in [3.8, 4) is 0 Å². The van der Waals surface area contributed by atoms with Gasteiger partial charge in [-0.05, 0) is 20.4 Å². The SMILES string of the molecule is CCNC(C)c1nnc(NCC(C)OC)o1. The fraction of sp³-hybridized carbons (Fsp3) is 0.800. The van der Waals surface area contributed by atoms with E-state index in [0.717, 1.165) is 6.54 Å². The first-order chi connectivity index (χ1) is 7.67. The second-order valence-corrected chi connectivity index (χ2v) is 3.65. The molecule has 1 aromatic heterocycles. The fourth-order valence-corrected chi connectivity index (χ4v) is 1.19. The number of hydrogen-bond donors (Lipinski definition) is 2. The molecular formula is C10H20N4O2. The predicted molar refractivity (Wildman–Crippen MR) is 61.4 cm³/mol. The van der Waals surface area contributed by atoms with Crippen molar-refractivity contribution in [2.24, 2.45) is 0 Å². The zero-order valence-corrected chi connectivity index (χ0v) is 10.3. The minimum atomic E-state index is 0.0768. The number of nitrogens with one attached hydrogen (secondary N) is 2. The van der Waals surface area contributed by atoms with Crippen LogP contribution in [-0.2, 0) is 4.74 Å². The number of rotatable bonds is 7. The highest BCUT2D eigenvalue weighted by Crippen LogP contribution is 2.13. The molecule has 0 aliphatic heterocycles. The Morgan fingerprint density at radius 2 is 2.12 bits per heavy atom. The first kappa shape index (κ1) is 12.9. The number of aromatic nitrogens is 2. The minimum Gasteiger partial charge on any atom is -0.406 e. The zero-order valence-electron chi connectivity index (χ0n) is 10.3. The van der Waals surface area contributed by atoms with Crippen LogP contribution in [0, 0.1) is 0 Å². The van der Waals surface area contributed by atoms with Crippen LogP contribution < -0.4 is 10.6 Å². The van der Waals surface area contributed by atoms with Crippen molar-refractivity contribution in [1.82, 2.24) is 15.5 Å². The molecule has 0 radical (unpaired) electrons. The lowest BCUT2D eigenvalue weighted by molar-refractivity contribution is 0.128. The topological polar surface area (TPSA) is 72.2 Å². The summed E-state index contributed by atoms with van der Waals surface area (Å²) < 4.78 is 10.5. The maximum absolute atomic E-state index is 5.44. The number of hydrogen-bond acceptors (Lipinski definition) is 6. The van der Waals surface area contributed by atoms with E-state index in [4.69, 9.17) is 9.15 Å². The molecule has 0 amide bonds. The Kier molecular flexibility index (Phi) is 5.21. The van der Waals surface area contributed by atoms with E-state index in [1.165, 1.54) is 0 Å². The van der Waals surface area contributed by atoms with Crippen molar-refractivity contribution in [3.05, 3.63) is 5.89 Å². The molecule has 0 saturated carbocycles. The van der Waals surface area contributed by atoms with Crippen LogP contribution in [0.5, 0.6) is 0 Å². The lowest BCUT2D eigenvalue weighted by atomic mass is 10.3. The molecule has 0 bridgehead atoms. The summed E-state index contributed by atoms with van der Waals surface area (Å²) >= 11 is 0. The first-order valence-corrected chi connectivity index (χ1v) is 5.50.